The molecule has 0 aliphatic carbocycles. The topological polar surface area (TPSA) is 54.0 Å². The fourth-order valence-electron chi connectivity index (χ4n) is 2.13. The number of pyridine rings is 1. The maximum Gasteiger partial charge on any atom is 0.224 e. The highest BCUT2D eigenvalue weighted by molar-refractivity contribution is 5.78. The van der Waals surface area contributed by atoms with Crippen LogP contribution in [0.5, 0.6) is 0 Å². The molecule has 110 valence electrons. The molecule has 21 heavy (non-hydrogen) atoms. The van der Waals surface area contributed by atoms with Crippen molar-refractivity contribution < 1.29 is 4.79 Å². The van der Waals surface area contributed by atoms with Crippen LogP contribution in [0, 0.1) is 0 Å². The number of carbonyl (C=O) groups is 1. The van der Waals surface area contributed by atoms with Crippen LogP contribution in [0.2, 0.25) is 0 Å². The minimum atomic E-state index is 0.0573. The lowest BCUT2D eigenvalue weighted by atomic mass is 10.1. The maximum absolute atomic E-state index is 11.5. The summed E-state index contributed by atoms with van der Waals surface area (Å²) in [6.07, 6.45) is 4.06. The molecule has 0 saturated carbocycles. The van der Waals surface area contributed by atoms with Crippen molar-refractivity contribution in [2.45, 2.75) is 26.3 Å². The van der Waals surface area contributed by atoms with E-state index in [1.807, 2.05) is 49.5 Å². The maximum atomic E-state index is 11.5. The number of nitrogens with zero attached hydrogens (tertiary/aromatic N) is 1. The van der Waals surface area contributed by atoms with E-state index in [2.05, 4.69) is 22.5 Å². The largest absolute Gasteiger partial charge is 0.378 e. The van der Waals surface area contributed by atoms with Gasteiger partial charge in [-0.3, -0.25) is 9.78 Å². The SMILES string of the molecule is CCNC(=O)Cc1ccc(NC(C)c2cccnc2)cc1. The number of likely N-dealkylation sites (N-methyl/N-ethyl adjacent to an activating group) is 1. The summed E-state index contributed by atoms with van der Waals surface area (Å²) in [6.45, 7) is 4.69. The lowest BCUT2D eigenvalue weighted by molar-refractivity contribution is -0.120. The predicted molar refractivity (Wildman–Crippen MR) is 85.1 cm³/mol. The molecule has 4 nitrogen and oxygen atoms in total. The van der Waals surface area contributed by atoms with Crippen LogP contribution < -0.4 is 10.6 Å². The fraction of sp³-hybridized carbons (Fsp3) is 0.294. The van der Waals surface area contributed by atoms with Gasteiger partial charge in [0.25, 0.3) is 0 Å². The molecule has 0 spiro atoms. The first-order valence-corrected chi connectivity index (χ1v) is 7.21. The van der Waals surface area contributed by atoms with Gasteiger partial charge in [-0.15, -0.1) is 0 Å². The molecule has 0 bridgehead atoms. The number of carbonyl (C=O) groups excluding carboxylic acids is 1. The number of amides is 1. The summed E-state index contributed by atoms with van der Waals surface area (Å²) in [4.78, 5) is 15.7. The van der Waals surface area contributed by atoms with Gasteiger partial charge in [-0.05, 0) is 43.2 Å². The Morgan fingerprint density at radius 3 is 2.62 bits per heavy atom. The third-order valence-electron chi connectivity index (χ3n) is 3.26. The number of aromatic nitrogens is 1. The van der Waals surface area contributed by atoms with Crippen molar-refractivity contribution >= 4 is 11.6 Å². The molecule has 0 aliphatic rings. The molecule has 1 atom stereocenters. The predicted octanol–water partition coefficient (Wildman–Crippen LogP) is 2.93. The molecule has 1 heterocycles. The van der Waals surface area contributed by atoms with Gasteiger partial charge in [-0.2, -0.15) is 0 Å². The third-order valence-corrected chi connectivity index (χ3v) is 3.26. The summed E-state index contributed by atoms with van der Waals surface area (Å²) < 4.78 is 0. The van der Waals surface area contributed by atoms with Crippen LogP contribution in [-0.2, 0) is 11.2 Å². The zero-order chi connectivity index (χ0) is 15.1. The Morgan fingerprint density at radius 1 is 1.24 bits per heavy atom. The van der Waals surface area contributed by atoms with Gasteiger partial charge in [-0.1, -0.05) is 18.2 Å². The molecule has 2 aromatic rings. The lowest BCUT2D eigenvalue weighted by Crippen LogP contribution is -2.24. The van der Waals surface area contributed by atoms with Crippen LogP contribution in [0.1, 0.15) is 31.0 Å². The zero-order valence-corrected chi connectivity index (χ0v) is 12.5. The van der Waals surface area contributed by atoms with Crippen LogP contribution in [0.25, 0.3) is 0 Å². The smallest absolute Gasteiger partial charge is 0.224 e. The Bertz CT molecular complexity index is 566. The van der Waals surface area contributed by atoms with Gasteiger partial charge in [-0.25, -0.2) is 0 Å². The molecule has 1 unspecified atom stereocenters. The minimum Gasteiger partial charge on any atom is -0.378 e. The molecule has 2 N–H and O–H groups in total. The summed E-state index contributed by atoms with van der Waals surface area (Å²) in [5.41, 5.74) is 3.19. The monoisotopic (exact) mass is 283 g/mol. The van der Waals surface area contributed by atoms with Gasteiger partial charge in [0.2, 0.25) is 5.91 Å². The third kappa shape index (κ3) is 4.60. The van der Waals surface area contributed by atoms with Gasteiger partial charge in [0.1, 0.15) is 0 Å². The summed E-state index contributed by atoms with van der Waals surface area (Å²) >= 11 is 0. The van der Waals surface area contributed by atoms with E-state index in [-0.39, 0.29) is 11.9 Å². The fourth-order valence-corrected chi connectivity index (χ4v) is 2.13. The van der Waals surface area contributed by atoms with Gasteiger partial charge >= 0.3 is 0 Å². The average Bonchev–Trinajstić information content (AvgIpc) is 2.50. The van der Waals surface area contributed by atoms with Crippen molar-refractivity contribution in [3.8, 4) is 0 Å². The first-order chi connectivity index (χ1) is 10.2. The molecule has 0 fully saturated rings. The molecule has 0 aliphatic heterocycles. The number of benzene rings is 1. The van der Waals surface area contributed by atoms with Gasteiger partial charge in [0, 0.05) is 24.6 Å². The molecule has 4 heteroatoms. The summed E-state index contributed by atoms with van der Waals surface area (Å²) in [5.74, 6) is 0.0573. The molecule has 0 radical (unpaired) electrons. The second kappa shape index (κ2) is 7.43. The number of hydrogen-bond acceptors (Lipinski definition) is 3. The first-order valence-electron chi connectivity index (χ1n) is 7.21. The molecule has 1 aromatic heterocycles. The molecule has 0 saturated heterocycles. The number of nitrogens with one attached hydrogen (secondary N) is 2. The van der Waals surface area contributed by atoms with E-state index in [0.717, 1.165) is 16.8 Å². The highest BCUT2D eigenvalue weighted by Gasteiger charge is 2.06. The molecule has 1 aromatic carbocycles. The van der Waals surface area contributed by atoms with Crippen LogP contribution in [-0.4, -0.2) is 17.4 Å². The van der Waals surface area contributed by atoms with Gasteiger partial charge in [0.05, 0.1) is 12.5 Å². The number of hydrogen-bond donors (Lipinski definition) is 2. The minimum absolute atomic E-state index is 0.0573. The Morgan fingerprint density at radius 2 is 2.00 bits per heavy atom. The van der Waals surface area contributed by atoms with Gasteiger partial charge in [0.15, 0.2) is 0 Å². The summed E-state index contributed by atoms with van der Waals surface area (Å²) in [5, 5.41) is 6.22. The number of anilines is 1. The quantitative estimate of drug-likeness (QED) is 0.857. The summed E-state index contributed by atoms with van der Waals surface area (Å²) in [6, 6.07) is 12.1. The van der Waals surface area contributed by atoms with Crippen LogP contribution in [0.15, 0.2) is 48.8 Å². The molecule has 1 amide bonds. The van der Waals surface area contributed by atoms with Crippen molar-refractivity contribution in [1.29, 1.82) is 0 Å². The van der Waals surface area contributed by atoms with Crippen LogP contribution in [0.4, 0.5) is 5.69 Å². The average molecular weight is 283 g/mol. The second-order valence-corrected chi connectivity index (χ2v) is 4.98. The van der Waals surface area contributed by atoms with E-state index < -0.39 is 0 Å². The van der Waals surface area contributed by atoms with E-state index >= 15 is 0 Å². The highest BCUT2D eigenvalue weighted by atomic mass is 16.1. The van der Waals surface area contributed by atoms with Crippen LogP contribution >= 0.6 is 0 Å². The van der Waals surface area contributed by atoms with E-state index in [1.54, 1.807) is 6.20 Å². The van der Waals surface area contributed by atoms with Crippen LogP contribution in [0.3, 0.4) is 0 Å². The first kappa shape index (κ1) is 15.0. The Labute approximate surface area is 125 Å². The Kier molecular flexibility index (Phi) is 5.32. The van der Waals surface area contributed by atoms with Crippen molar-refractivity contribution in [3.63, 3.8) is 0 Å². The normalized spacial score (nSPS) is 11.7. The summed E-state index contributed by atoms with van der Waals surface area (Å²) in [7, 11) is 0. The molecular weight excluding hydrogens is 262 g/mol. The van der Waals surface area contributed by atoms with E-state index in [4.69, 9.17) is 0 Å². The lowest BCUT2D eigenvalue weighted by Gasteiger charge is -2.15. The van der Waals surface area contributed by atoms with Crippen molar-refractivity contribution in [1.82, 2.24) is 10.3 Å². The van der Waals surface area contributed by atoms with Crippen molar-refractivity contribution in [3.05, 3.63) is 59.9 Å². The van der Waals surface area contributed by atoms with E-state index in [9.17, 15) is 4.79 Å². The zero-order valence-electron chi connectivity index (χ0n) is 12.5. The Hall–Kier alpha value is -2.36. The van der Waals surface area contributed by atoms with E-state index in [0.29, 0.717) is 13.0 Å². The standard InChI is InChI=1S/C17H21N3O/c1-3-19-17(21)11-14-6-8-16(9-7-14)20-13(2)15-5-4-10-18-12-15/h4-10,12-13,20H,3,11H2,1-2H3,(H,19,21). The van der Waals surface area contributed by atoms with Gasteiger partial charge < -0.3 is 10.6 Å². The van der Waals surface area contributed by atoms with Crippen molar-refractivity contribution in [2.75, 3.05) is 11.9 Å². The Balaban J connectivity index is 1.95. The molecular formula is C17H21N3O. The number of rotatable bonds is 6. The van der Waals surface area contributed by atoms with Crippen molar-refractivity contribution in [2.24, 2.45) is 0 Å². The highest BCUT2D eigenvalue weighted by Crippen LogP contribution is 2.18. The second-order valence-electron chi connectivity index (χ2n) is 4.98. The molecule has 2 rings (SSSR count). The van der Waals surface area contributed by atoms with E-state index in [1.165, 1.54) is 0 Å².